The zero-order valence-electron chi connectivity index (χ0n) is 6.70. The van der Waals surface area contributed by atoms with E-state index in [2.05, 4.69) is 10.3 Å². The lowest BCUT2D eigenvalue weighted by atomic mass is 10.2. The average Bonchev–Trinajstić information content (AvgIpc) is 2.49. The molecule has 0 bridgehead atoms. The van der Waals surface area contributed by atoms with Crippen molar-refractivity contribution < 1.29 is 13.2 Å². The minimum absolute atomic E-state index is 0.0377. The fourth-order valence-corrected chi connectivity index (χ4v) is 0.987. The molecule has 0 fully saturated rings. The molecule has 0 aliphatic heterocycles. The molecule has 0 amide bonds. The first-order chi connectivity index (χ1) is 6.05. The van der Waals surface area contributed by atoms with E-state index < -0.39 is 12.2 Å². The van der Waals surface area contributed by atoms with Crippen LogP contribution in [0.5, 0.6) is 0 Å². The van der Waals surface area contributed by atoms with Gasteiger partial charge in [-0.25, -0.2) is 4.68 Å². The summed E-state index contributed by atoms with van der Waals surface area (Å²) in [6, 6.07) is -1.67. The summed E-state index contributed by atoms with van der Waals surface area (Å²) in [5.74, 6) is 0. The van der Waals surface area contributed by atoms with E-state index in [-0.39, 0.29) is 13.0 Å². The van der Waals surface area contributed by atoms with Crippen LogP contribution in [0.3, 0.4) is 0 Å². The zero-order valence-corrected chi connectivity index (χ0v) is 6.70. The smallest absolute Gasteiger partial charge is 0.330 e. The third-order valence-electron chi connectivity index (χ3n) is 1.58. The lowest BCUT2D eigenvalue weighted by molar-refractivity contribution is -0.171. The van der Waals surface area contributed by atoms with Gasteiger partial charge in [0.05, 0.1) is 6.20 Å². The first-order valence-electron chi connectivity index (χ1n) is 3.68. The van der Waals surface area contributed by atoms with Crippen LogP contribution in [-0.2, 0) is 0 Å². The Morgan fingerprint density at radius 3 is 2.54 bits per heavy atom. The van der Waals surface area contributed by atoms with Gasteiger partial charge in [-0.15, -0.1) is 5.10 Å². The molecule has 1 aromatic rings. The molecule has 1 heterocycles. The zero-order chi connectivity index (χ0) is 9.90. The Balaban J connectivity index is 2.81. The Morgan fingerprint density at radius 2 is 2.15 bits per heavy atom. The van der Waals surface area contributed by atoms with E-state index in [0.717, 1.165) is 4.68 Å². The Kier molecular flexibility index (Phi) is 2.86. The predicted octanol–water partition coefficient (Wildman–Crippen LogP) is 0.730. The normalized spacial score (nSPS) is 14.5. The summed E-state index contributed by atoms with van der Waals surface area (Å²) >= 11 is 0. The molecular formula is C6H9F3N4. The Morgan fingerprint density at radius 1 is 1.46 bits per heavy atom. The fraction of sp³-hybridized carbons (Fsp3) is 0.667. The monoisotopic (exact) mass is 194 g/mol. The number of rotatable bonds is 3. The third kappa shape index (κ3) is 2.41. The topological polar surface area (TPSA) is 56.7 Å². The van der Waals surface area contributed by atoms with Gasteiger partial charge in [0.15, 0.2) is 6.04 Å². The van der Waals surface area contributed by atoms with Crippen LogP contribution in [0, 0.1) is 0 Å². The second-order valence-electron chi connectivity index (χ2n) is 2.52. The lowest BCUT2D eigenvalue weighted by Gasteiger charge is -2.18. The van der Waals surface area contributed by atoms with Gasteiger partial charge in [-0.3, -0.25) is 0 Å². The molecule has 4 nitrogen and oxygen atoms in total. The molecule has 0 aromatic carbocycles. The highest BCUT2D eigenvalue weighted by molar-refractivity contribution is 4.77. The molecule has 1 unspecified atom stereocenters. The van der Waals surface area contributed by atoms with Crippen LogP contribution in [0.15, 0.2) is 12.4 Å². The van der Waals surface area contributed by atoms with E-state index in [1.165, 1.54) is 12.4 Å². The Labute approximate surface area is 72.5 Å². The number of alkyl halides is 3. The first kappa shape index (κ1) is 9.97. The summed E-state index contributed by atoms with van der Waals surface area (Å²) in [6.07, 6.45) is -2.14. The van der Waals surface area contributed by atoms with Crippen molar-refractivity contribution in [3.63, 3.8) is 0 Å². The molecule has 2 N–H and O–H groups in total. The maximum atomic E-state index is 12.3. The van der Waals surface area contributed by atoms with Gasteiger partial charge in [-0.2, -0.15) is 13.2 Å². The quantitative estimate of drug-likeness (QED) is 0.771. The van der Waals surface area contributed by atoms with Gasteiger partial charge in [-0.05, 0) is 13.0 Å². The molecular weight excluding hydrogens is 185 g/mol. The SMILES string of the molecule is NCCC(n1ccnn1)C(F)(F)F. The largest absolute Gasteiger partial charge is 0.410 e. The minimum Gasteiger partial charge on any atom is -0.330 e. The van der Waals surface area contributed by atoms with Crippen LogP contribution in [0.1, 0.15) is 12.5 Å². The Bertz CT molecular complexity index is 243. The molecule has 1 atom stereocenters. The number of hydrogen-bond donors (Lipinski definition) is 1. The number of halogens is 3. The summed E-state index contributed by atoms with van der Waals surface area (Å²) in [4.78, 5) is 0. The average molecular weight is 194 g/mol. The molecule has 1 rings (SSSR count). The minimum atomic E-state index is -4.33. The molecule has 7 heteroatoms. The van der Waals surface area contributed by atoms with Gasteiger partial charge in [0.1, 0.15) is 0 Å². The van der Waals surface area contributed by atoms with Crippen molar-refractivity contribution in [3.05, 3.63) is 12.4 Å². The highest BCUT2D eigenvalue weighted by Gasteiger charge is 2.40. The van der Waals surface area contributed by atoms with Crippen molar-refractivity contribution in [2.24, 2.45) is 5.73 Å². The van der Waals surface area contributed by atoms with Gasteiger partial charge >= 0.3 is 6.18 Å². The van der Waals surface area contributed by atoms with Crippen molar-refractivity contribution in [3.8, 4) is 0 Å². The van der Waals surface area contributed by atoms with Crippen molar-refractivity contribution in [2.45, 2.75) is 18.6 Å². The molecule has 0 radical (unpaired) electrons. The van der Waals surface area contributed by atoms with E-state index >= 15 is 0 Å². The van der Waals surface area contributed by atoms with E-state index in [9.17, 15) is 13.2 Å². The molecule has 13 heavy (non-hydrogen) atoms. The number of hydrogen-bond acceptors (Lipinski definition) is 3. The standard InChI is InChI=1S/C6H9F3N4/c7-6(8,9)5(1-2-10)13-4-3-11-12-13/h3-5H,1-2,10H2. The van der Waals surface area contributed by atoms with Crippen LogP contribution in [0.4, 0.5) is 13.2 Å². The molecule has 74 valence electrons. The van der Waals surface area contributed by atoms with Crippen molar-refractivity contribution in [2.75, 3.05) is 6.54 Å². The van der Waals surface area contributed by atoms with Crippen LogP contribution in [0.25, 0.3) is 0 Å². The van der Waals surface area contributed by atoms with Crippen molar-refractivity contribution in [1.82, 2.24) is 15.0 Å². The lowest BCUT2D eigenvalue weighted by Crippen LogP contribution is -2.29. The molecule has 0 saturated heterocycles. The fourth-order valence-electron chi connectivity index (χ4n) is 0.987. The highest BCUT2D eigenvalue weighted by atomic mass is 19.4. The highest BCUT2D eigenvalue weighted by Crippen LogP contribution is 2.31. The van der Waals surface area contributed by atoms with Gasteiger partial charge in [0.25, 0.3) is 0 Å². The summed E-state index contributed by atoms with van der Waals surface area (Å²) < 4.78 is 37.7. The Hall–Kier alpha value is -1.11. The molecule has 0 aliphatic rings. The number of nitrogens with zero attached hydrogens (tertiary/aromatic N) is 3. The summed E-state index contributed by atoms with van der Waals surface area (Å²) in [5, 5.41) is 6.60. The van der Waals surface area contributed by atoms with Crippen LogP contribution >= 0.6 is 0 Å². The van der Waals surface area contributed by atoms with Gasteiger partial charge in [-0.1, -0.05) is 5.21 Å². The maximum Gasteiger partial charge on any atom is 0.410 e. The van der Waals surface area contributed by atoms with Crippen LogP contribution in [-0.4, -0.2) is 27.7 Å². The maximum absolute atomic E-state index is 12.3. The van der Waals surface area contributed by atoms with E-state index in [4.69, 9.17) is 5.73 Å². The summed E-state index contributed by atoms with van der Waals surface area (Å²) in [5.41, 5.74) is 5.07. The van der Waals surface area contributed by atoms with Gasteiger partial charge in [0, 0.05) is 6.20 Å². The molecule has 0 saturated carbocycles. The van der Waals surface area contributed by atoms with Crippen molar-refractivity contribution >= 4 is 0 Å². The molecule has 0 spiro atoms. The van der Waals surface area contributed by atoms with Crippen LogP contribution < -0.4 is 5.73 Å². The van der Waals surface area contributed by atoms with E-state index in [1.54, 1.807) is 0 Å². The summed E-state index contributed by atoms with van der Waals surface area (Å²) in [6.45, 7) is -0.0377. The molecule has 0 aliphatic carbocycles. The van der Waals surface area contributed by atoms with E-state index in [0.29, 0.717) is 0 Å². The van der Waals surface area contributed by atoms with Gasteiger partial charge in [0.2, 0.25) is 0 Å². The predicted molar refractivity (Wildman–Crippen MR) is 38.8 cm³/mol. The van der Waals surface area contributed by atoms with Gasteiger partial charge < -0.3 is 5.73 Å². The second kappa shape index (κ2) is 3.73. The first-order valence-corrected chi connectivity index (χ1v) is 3.68. The summed E-state index contributed by atoms with van der Waals surface area (Å²) in [7, 11) is 0. The van der Waals surface area contributed by atoms with Crippen molar-refractivity contribution in [1.29, 1.82) is 0 Å². The number of aromatic nitrogens is 3. The number of nitrogens with two attached hydrogens (primary N) is 1. The molecule has 1 aromatic heterocycles. The second-order valence-corrected chi connectivity index (χ2v) is 2.52. The third-order valence-corrected chi connectivity index (χ3v) is 1.58. The van der Waals surface area contributed by atoms with Crippen LogP contribution in [0.2, 0.25) is 0 Å². The van der Waals surface area contributed by atoms with E-state index in [1.807, 2.05) is 0 Å².